The number of hydrogen-bond donors (Lipinski definition) is 2. The number of benzene rings is 1. The summed E-state index contributed by atoms with van der Waals surface area (Å²) in [6, 6.07) is 8.05. The molecule has 0 saturated heterocycles. The van der Waals surface area contributed by atoms with Gasteiger partial charge in [0.1, 0.15) is 5.60 Å². The Bertz CT molecular complexity index is 621. The van der Waals surface area contributed by atoms with E-state index in [-0.39, 0.29) is 0 Å². The highest BCUT2D eigenvalue weighted by atomic mass is 32.1. The molecule has 1 aromatic carbocycles. The maximum Gasteiger partial charge on any atom is 0.407 e. The normalized spacial score (nSPS) is 11.3. The van der Waals surface area contributed by atoms with Crippen LogP contribution in [0.3, 0.4) is 0 Å². The van der Waals surface area contributed by atoms with Crippen molar-refractivity contribution in [1.82, 2.24) is 15.6 Å². The monoisotopic (exact) mass is 333 g/mol. The Morgan fingerprint density at radius 1 is 1.17 bits per heavy atom. The van der Waals surface area contributed by atoms with Crippen molar-refractivity contribution in [3.05, 3.63) is 52.0 Å². The maximum atomic E-state index is 11.8. The third kappa shape index (κ3) is 6.38. The van der Waals surface area contributed by atoms with Crippen molar-refractivity contribution >= 4 is 17.4 Å². The van der Waals surface area contributed by atoms with Gasteiger partial charge in [-0.25, -0.2) is 4.79 Å². The molecule has 0 radical (unpaired) electrons. The lowest BCUT2D eigenvalue weighted by molar-refractivity contribution is 0.0523. The molecule has 0 aliphatic rings. The van der Waals surface area contributed by atoms with E-state index >= 15 is 0 Å². The Kier molecular flexibility index (Phi) is 6.12. The van der Waals surface area contributed by atoms with Crippen LogP contribution in [0.15, 0.2) is 36.0 Å². The van der Waals surface area contributed by atoms with Crippen molar-refractivity contribution in [3.8, 4) is 0 Å². The zero-order chi connectivity index (χ0) is 16.7. The third-order valence-corrected chi connectivity index (χ3v) is 3.82. The number of hydrogen-bond acceptors (Lipinski definition) is 5. The summed E-state index contributed by atoms with van der Waals surface area (Å²) in [5.74, 6) is 0. The predicted octanol–water partition coefficient (Wildman–Crippen LogP) is 3.46. The van der Waals surface area contributed by atoms with Crippen LogP contribution in [0.25, 0.3) is 0 Å². The molecule has 0 saturated carbocycles. The van der Waals surface area contributed by atoms with E-state index in [4.69, 9.17) is 4.74 Å². The maximum absolute atomic E-state index is 11.8. The average molecular weight is 333 g/mol. The van der Waals surface area contributed by atoms with Crippen LogP contribution < -0.4 is 10.6 Å². The lowest BCUT2D eigenvalue weighted by Gasteiger charge is -2.20. The van der Waals surface area contributed by atoms with E-state index in [2.05, 4.69) is 21.7 Å². The fourth-order valence-corrected chi connectivity index (χ4v) is 2.60. The molecule has 2 aromatic rings. The Morgan fingerprint density at radius 2 is 1.87 bits per heavy atom. The summed E-state index contributed by atoms with van der Waals surface area (Å²) in [6.07, 6.45) is 1.47. The van der Waals surface area contributed by atoms with E-state index in [1.54, 1.807) is 11.3 Å². The molecule has 1 aromatic heterocycles. The van der Waals surface area contributed by atoms with Gasteiger partial charge in [-0.1, -0.05) is 24.3 Å². The number of aromatic nitrogens is 1. The molecule has 0 atom stereocenters. The molecule has 23 heavy (non-hydrogen) atoms. The van der Waals surface area contributed by atoms with E-state index in [0.29, 0.717) is 6.54 Å². The fraction of sp³-hybridized carbons (Fsp3) is 0.412. The molecule has 2 N–H and O–H groups in total. The molecule has 0 aliphatic heterocycles. The minimum Gasteiger partial charge on any atom is -0.444 e. The van der Waals surface area contributed by atoms with Crippen molar-refractivity contribution < 1.29 is 9.53 Å². The molecular weight excluding hydrogens is 310 g/mol. The number of nitrogens with zero attached hydrogens (tertiary/aromatic N) is 1. The molecule has 0 aliphatic carbocycles. The first-order valence-electron chi connectivity index (χ1n) is 7.56. The van der Waals surface area contributed by atoms with Gasteiger partial charge in [0.2, 0.25) is 0 Å². The standard InChI is InChI=1S/C17H23N3O2S/c1-17(2,3)22-16(21)20-9-14-7-5-4-6-13(14)8-18-10-15-11-19-12-23-15/h4-7,11-12,18H,8-10H2,1-3H3,(H,20,21). The molecule has 2 rings (SSSR count). The Balaban J connectivity index is 1.85. The minimum absolute atomic E-state index is 0.398. The SMILES string of the molecule is CC(C)(C)OC(=O)NCc1ccccc1CNCc1cncs1. The first kappa shape index (κ1) is 17.4. The molecule has 5 nitrogen and oxygen atoms in total. The second-order valence-corrected chi connectivity index (χ2v) is 7.17. The van der Waals surface area contributed by atoms with Crippen molar-refractivity contribution in [1.29, 1.82) is 0 Å². The summed E-state index contributed by atoms with van der Waals surface area (Å²) in [5.41, 5.74) is 3.58. The highest BCUT2D eigenvalue weighted by Gasteiger charge is 2.16. The Labute approximate surface area is 141 Å². The van der Waals surface area contributed by atoms with Gasteiger partial charge in [0.25, 0.3) is 0 Å². The van der Waals surface area contributed by atoms with Gasteiger partial charge in [-0.15, -0.1) is 11.3 Å². The predicted molar refractivity (Wildman–Crippen MR) is 92.2 cm³/mol. The fourth-order valence-electron chi connectivity index (χ4n) is 2.03. The van der Waals surface area contributed by atoms with Gasteiger partial charge >= 0.3 is 6.09 Å². The van der Waals surface area contributed by atoms with Gasteiger partial charge in [0, 0.05) is 30.7 Å². The van der Waals surface area contributed by atoms with Crippen LogP contribution in [-0.2, 0) is 24.4 Å². The molecule has 1 amide bonds. The molecular formula is C17H23N3O2S. The van der Waals surface area contributed by atoms with E-state index < -0.39 is 11.7 Å². The van der Waals surface area contributed by atoms with Crippen LogP contribution in [-0.4, -0.2) is 16.7 Å². The van der Waals surface area contributed by atoms with Crippen LogP contribution in [0.5, 0.6) is 0 Å². The summed E-state index contributed by atoms with van der Waals surface area (Å²) in [6.45, 7) is 7.54. The molecule has 0 fully saturated rings. The second-order valence-electron chi connectivity index (χ2n) is 6.20. The highest BCUT2D eigenvalue weighted by Crippen LogP contribution is 2.11. The van der Waals surface area contributed by atoms with Crippen LogP contribution in [0.4, 0.5) is 4.79 Å². The Hall–Kier alpha value is -1.92. The summed E-state index contributed by atoms with van der Waals surface area (Å²) in [4.78, 5) is 17.0. The van der Waals surface area contributed by atoms with Gasteiger partial charge in [-0.2, -0.15) is 0 Å². The van der Waals surface area contributed by atoms with Crippen molar-refractivity contribution in [3.63, 3.8) is 0 Å². The molecule has 0 spiro atoms. The lowest BCUT2D eigenvalue weighted by atomic mass is 10.1. The summed E-state index contributed by atoms with van der Waals surface area (Å²) >= 11 is 1.63. The first-order valence-corrected chi connectivity index (χ1v) is 8.44. The third-order valence-electron chi connectivity index (χ3n) is 3.04. The van der Waals surface area contributed by atoms with Crippen molar-refractivity contribution in [2.45, 2.75) is 46.0 Å². The molecule has 124 valence electrons. The first-order chi connectivity index (χ1) is 10.9. The highest BCUT2D eigenvalue weighted by molar-refractivity contribution is 7.09. The van der Waals surface area contributed by atoms with Crippen LogP contribution in [0, 0.1) is 0 Å². The van der Waals surface area contributed by atoms with Gasteiger partial charge in [0.05, 0.1) is 5.51 Å². The van der Waals surface area contributed by atoms with Crippen molar-refractivity contribution in [2.75, 3.05) is 0 Å². The number of rotatable bonds is 6. The summed E-state index contributed by atoms with van der Waals surface area (Å²) < 4.78 is 5.26. The number of thiazole rings is 1. The van der Waals surface area contributed by atoms with Gasteiger partial charge in [-0.05, 0) is 31.9 Å². The van der Waals surface area contributed by atoms with Crippen LogP contribution in [0.2, 0.25) is 0 Å². The molecule has 6 heteroatoms. The van der Waals surface area contributed by atoms with Gasteiger partial charge in [0.15, 0.2) is 0 Å². The minimum atomic E-state index is -0.486. The number of nitrogens with one attached hydrogen (secondary N) is 2. The van der Waals surface area contributed by atoms with E-state index in [1.165, 1.54) is 4.88 Å². The Morgan fingerprint density at radius 3 is 2.48 bits per heavy atom. The van der Waals surface area contributed by atoms with Gasteiger partial charge < -0.3 is 15.4 Å². The largest absolute Gasteiger partial charge is 0.444 e. The average Bonchev–Trinajstić information content (AvgIpc) is 2.98. The molecule has 0 unspecified atom stereocenters. The number of alkyl carbamates (subject to hydrolysis) is 1. The van der Waals surface area contributed by atoms with E-state index in [1.807, 2.05) is 50.7 Å². The summed E-state index contributed by atoms with van der Waals surface area (Å²) in [7, 11) is 0. The molecule has 0 bridgehead atoms. The quantitative estimate of drug-likeness (QED) is 0.850. The number of ether oxygens (including phenoxy) is 1. The lowest BCUT2D eigenvalue weighted by Crippen LogP contribution is -2.32. The topological polar surface area (TPSA) is 63.2 Å². The number of amides is 1. The number of carbonyl (C=O) groups is 1. The van der Waals surface area contributed by atoms with Crippen LogP contribution in [0.1, 0.15) is 36.8 Å². The van der Waals surface area contributed by atoms with Gasteiger partial charge in [-0.3, -0.25) is 4.98 Å². The summed E-state index contributed by atoms with van der Waals surface area (Å²) in [5, 5.41) is 6.20. The van der Waals surface area contributed by atoms with E-state index in [9.17, 15) is 4.79 Å². The number of carbonyl (C=O) groups excluding carboxylic acids is 1. The van der Waals surface area contributed by atoms with Crippen molar-refractivity contribution in [2.24, 2.45) is 0 Å². The molecule has 1 heterocycles. The zero-order valence-corrected chi connectivity index (χ0v) is 14.6. The second kappa shape index (κ2) is 8.08. The zero-order valence-electron chi connectivity index (χ0n) is 13.8. The smallest absolute Gasteiger partial charge is 0.407 e. The van der Waals surface area contributed by atoms with E-state index in [0.717, 1.165) is 24.2 Å². The van der Waals surface area contributed by atoms with Crippen LogP contribution >= 0.6 is 11.3 Å².